The van der Waals surface area contributed by atoms with Gasteiger partial charge in [-0.1, -0.05) is 18.9 Å². The first-order valence-corrected chi connectivity index (χ1v) is 11.1. The van der Waals surface area contributed by atoms with Crippen LogP contribution >= 0.6 is 0 Å². The summed E-state index contributed by atoms with van der Waals surface area (Å²) in [6.45, 7) is 4.39. The quantitative estimate of drug-likeness (QED) is 0.563. The predicted octanol–water partition coefficient (Wildman–Crippen LogP) is 4.64. The fourth-order valence-electron chi connectivity index (χ4n) is 5.31. The Kier molecular flexibility index (Phi) is 4.81. The number of nitrogens with zero attached hydrogens (tertiary/aromatic N) is 3. The van der Waals surface area contributed by atoms with Crippen molar-refractivity contribution in [3.63, 3.8) is 0 Å². The fraction of sp³-hybridized carbons (Fsp3) is 0.400. The summed E-state index contributed by atoms with van der Waals surface area (Å²) in [5.74, 6) is 0.0244. The number of pyridine rings is 1. The van der Waals surface area contributed by atoms with Gasteiger partial charge in [-0.15, -0.1) is 0 Å². The number of fused-ring (bicyclic) bond motifs is 5. The van der Waals surface area contributed by atoms with Crippen LogP contribution in [-0.2, 0) is 4.79 Å². The monoisotopic (exact) mass is 430 g/mol. The first kappa shape index (κ1) is 20.7. The van der Waals surface area contributed by atoms with Crippen molar-refractivity contribution in [2.75, 3.05) is 19.0 Å². The number of allylic oxidation sites excluding steroid dienone is 1. The van der Waals surface area contributed by atoms with Crippen LogP contribution in [0.15, 0.2) is 35.7 Å². The normalized spacial score (nSPS) is 24.3. The minimum absolute atomic E-state index is 0.298. The molecule has 2 atom stereocenters. The molecule has 0 bridgehead atoms. The molecule has 32 heavy (non-hydrogen) atoms. The van der Waals surface area contributed by atoms with Crippen molar-refractivity contribution in [3.8, 4) is 11.9 Å². The molecule has 0 saturated heterocycles. The number of aromatic nitrogens is 1. The number of carbonyl (C=O) groups is 1. The van der Waals surface area contributed by atoms with Gasteiger partial charge in [0.05, 0.1) is 48.0 Å². The number of likely N-dealkylation sites (N-methyl/N-ethyl adjacent to an activating group) is 1. The van der Waals surface area contributed by atoms with Crippen molar-refractivity contribution in [1.29, 1.82) is 5.26 Å². The smallest absolute Gasteiger partial charge is 0.349 e. The molecule has 1 unspecified atom stereocenters. The molecular formula is C25H26N4O3. The van der Waals surface area contributed by atoms with Crippen LogP contribution in [0.1, 0.15) is 60.8 Å². The molecule has 1 aromatic heterocycles. The van der Waals surface area contributed by atoms with Crippen LogP contribution in [0.4, 0.5) is 11.4 Å². The Labute approximate surface area is 187 Å². The Hall–Kier alpha value is -3.21. The number of nitrogens with one attached hydrogen (secondary N) is 1. The fourth-order valence-corrected chi connectivity index (χ4v) is 5.31. The second-order valence-electron chi connectivity index (χ2n) is 9.21. The largest absolute Gasteiger partial charge is 0.620 e. The zero-order valence-corrected chi connectivity index (χ0v) is 18.6. The van der Waals surface area contributed by atoms with Gasteiger partial charge in [0, 0.05) is 23.5 Å². The van der Waals surface area contributed by atoms with E-state index in [1.54, 1.807) is 18.3 Å². The number of nitriles is 1. The van der Waals surface area contributed by atoms with E-state index in [2.05, 4.69) is 16.4 Å². The lowest BCUT2D eigenvalue weighted by molar-refractivity contribution is -0.123. The Morgan fingerprint density at radius 2 is 2.06 bits per heavy atom. The summed E-state index contributed by atoms with van der Waals surface area (Å²) in [6, 6.07) is 7.11. The Balaban J connectivity index is 1.70. The van der Waals surface area contributed by atoms with E-state index in [0.717, 1.165) is 35.2 Å². The molecule has 2 aromatic rings. The number of anilines is 1. The van der Waals surface area contributed by atoms with Crippen LogP contribution < -0.4 is 14.7 Å². The van der Waals surface area contributed by atoms with E-state index < -0.39 is 16.5 Å². The number of quaternary nitrogens is 1. The van der Waals surface area contributed by atoms with E-state index in [0.29, 0.717) is 40.9 Å². The topological polar surface area (TPSA) is 98.1 Å². The average molecular weight is 431 g/mol. The molecule has 2 aliphatic heterocycles. The summed E-state index contributed by atoms with van der Waals surface area (Å²) in [5, 5.41) is 26.2. The van der Waals surface area contributed by atoms with Crippen molar-refractivity contribution < 1.29 is 9.53 Å². The minimum Gasteiger partial charge on any atom is -0.620 e. The van der Waals surface area contributed by atoms with Crippen LogP contribution in [0.5, 0.6) is 5.88 Å². The van der Waals surface area contributed by atoms with Crippen LogP contribution in [0, 0.1) is 29.4 Å². The Morgan fingerprint density at radius 3 is 2.78 bits per heavy atom. The number of aryl methyl sites for hydroxylation is 1. The maximum Gasteiger partial charge on any atom is 0.349 e. The van der Waals surface area contributed by atoms with Crippen molar-refractivity contribution in [2.24, 2.45) is 5.92 Å². The Morgan fingerprint density at radius 1 is 1.31 bits per heavy atom. The molecule has 5 rings (SSSR count). The highest BCUT2D eigenvalue weighted by molar-refractivity contribution is 6.09. The van der Waals surface area contributed by atoms with Gasteiger partial charge >= 0.3 is 5.91 Å². The van der Waals surface area contributed by atoms with E-state index in [9.17, 15) is 15.3 Å². The van der Waals surface area contributed by atoms with Crippen molar-refractivity contribution in [3.05, 3.63) is 63.1 Å². The summed E-state index contributed by atoms with van der Waals surface area (Å²) < 4.78 is 5.08. The standard InChI is InChI=1S/C25H26N4O3/c1-14-12-27-24(32-13-16-6-4-5-7-16)22-21-18-9-8-17(11-26)10-19(18)29(3,31)25(30)20(21)15(2)28-23(14)22/h8-10,12,16,21,28H,4-7,13H2,1-3H3/t21-,29?/m0/s1. The lowest BCUT2D eigenvalue weighted by atomic mass is 9.76. The lowest BCUT2D eigenvalue weighted by Crippen LogP contribution is -2.51. The Bertz CT molecular complexity index is 1200. The number of hydrogen-bond acceptors (Lipinski definition) is 6. The molecule has 0 radical (unpaired) electrons. The zero-order chi connectivity index (χ0) is 22.6. The van der Waals surface area contributed by atoms with Crippen LogP contribution in [0.25, 0.3) is 0 Å². The summed E-state index contributed by atoms with van der Waals surface area (Å²) in [6.07, 6.45) is 6.56. The first-order chi connectivity index (χ1) is 15.3. The molecule has 164 valence electrons. The van der Waals surface area contributed by atoms with Gasteiger partial charge in [-0.25, -0.2) is 9.78 Å². The maximum atomic E-state index is 13.5. The van der Waals surface area contributed by atoms with Gasteiger partial charge in [-0.05, 0) is 44.2 Å². The van der Waals surface area contributed by atoms with E-state index in [4.69, 9.17) is 4.74 Å². The van der Waals surface area contributed by atoms with Crippen molar-refractivity contribution >= 4 is 17.3 Å². The van der Waals surface area contributed by atoms with Crippen LogP contribution in [-0.4, -0.2) is 24.5 Å². The van der Waals surface area contributed by atoms with Gasteiger partial charge in [0.1, 0.15) is 5.69 Å². The highest BCUT2D eigenvalue weighted by atomic mass is 16.6. The molecule has 1 N–H and O–H groups in total. The van der Waals surface area contributed by atoms with E-state index >= 15 is 0 Å². The first-order valence-electron chi connectivity index (χ1n) is 11.1. The third kappa shape index (κ3) is 3.02. The van der Waals surface area contributed by atoms with Gasteiger partial charge in [0.15, 0.2) is 0 Å². The van der Waals surface area contributed by atoms with E-state index in [-0.39, 0.29) is 0 Å². The molecule has 1 aliphatic carbocycles. The molecule has 7 heteroatoms. The van der Waals surface area contributed by atoms with E-state index in [1.165, 1.54) is 26.0 Å². The van der Waals surface area contributed by atoms with Crippen LogP contribution in [0.3, 0.4) is 0 Å². The summed E-state index contributed by atoms with van der Waals surface area (Å²) in [5.41, 5.74) is 5.09. The number of hydroxylamine groups is 2. The number of rotatable bonds is 3. The number of benzene rings is 1. The third-order valence-corrected chi connectivity index (χ3v) is 7.04. The zero-order valence-electron chi connectivity index (χ0n) is 18.6. The molecule has 3 aliphatic rings. The highest BCUT2D eigenvalue weighted by Gasteiger charge is 2.48. The molecule has 3 heterocycles. The second kappa shape index (κ2) is 7.44. The summed E-state index contributed by atoms with van der Waals surface area (Å²) in [7, 11) is 1.33. The average Bonchev–Trinajstić information content (AvgIpc) is 3.30. The molecule has 1 saturated carbocycles. The van der Waals surface area contributed by atoms with Crippen LogP contribution in [0.2, 0.25) is 0 Å². The molecule has 1 fully saturated rings. The van der Waals surface area contributed by atoms with Gasteiger partial charge in [-0.2, -0.15) is 5.26 Å². The third-order valence-electron chi connectivity index (χ3n) is 7.04. The second-order valence-corrected chi connectivity index (χ2v) is 9.21. The highest BCUT2D eigenvalue weighted by Crippen LogP contribution is 2.53. The maximum absolute atomic E-state index is 13.5. The molecule has 1 amide bonds. The predicted molar refractivity (Wildman–Crippen MR) is 122 cm³/mol. The molecule has 0 spiro atoms. The summed E-state index contributed by atoms with van der Waals surface area (Å²) >= 11 is 0. The number of carbonyl (C=O) groups excluding carboxylic acids is 1. The van der Waals surface area contributed by atoms with E-state index in [1.807, 2.05) is 13.8 Å². The van der Waals surface area contributed by atoms with Crippen molar-refractivity contribution in [2.45, 2.75) is 45.4 Å². The van der Waals surface area contributed by atoms with Gasteiger partial charge in [0.25, 0.3) is 0 Å². The number of hydrogen-bond donors (Lipinski definition) is 1. The summed E-state index contributed by atoms with van der Waals surface area (Å²) in [4.78, 5) is 18.0. The molecular weight excluding hydrogens is 404 g/mol. The molecule has 7 nitrogen and oxygen atoms in total. The van der Waals surface area contributed by atoms with Gasteiger partial charge in [0.2, 0.25) is 5.88 Å². The SMILES string of the molecule is CC1=C2C(=O)[N+](C)([O-])c3cc(C#N)ccc3[C@@H]2c2c(OCC3CCCC3)ncc(C)c2N1. The van der Waals surface area contributed by atoms with Gasteiger partial charge < -0.3 is 15.3 Å². The minimum atomic E-state index is -1.18. The lowest BCUT2D eigenvalue weighted by Gasteiger charge is -2.45. The molecule has 1 aromatic carbocycles. The van der Waals surface area contributed by atoms with Crippen molar-refractivity contribution in [1.82, 2.24) is 9.63 Å². The number of ether oxygens (including phenoxy) is 1. The number of amides is 1. The van der Waals surface area contributed by atoms with Gasteiger partial charge in [-0.3, -0.25) is 4.65 Å².